The molecule has 0 atom stereocenters. The van der Waals surface area contributed by atoms with Crippen molar-refractivity contribution in [2.75, 3.05) is 5.73 Å². The van der Waals surface area contributed by atoms with Crippen LogP contribution < -0.4 is 11.3 Å². The molecule has 19 heavy (non-hydrogen) atoms. The van der Waals surface area contributed by atoms with E-state index < -0.39 is 0 Å². The number of hydrogen-bond acceptors (Lipinski definition) is 5. The molecular formula is C13H10N4OS. The predicted molar refractivity (Wildman–Crippen MR) is 75.1 cm³/mol. The number of hydrogen-bond donors (Lipinski definition) is 2. The molecule has 0 aliphatic carbocycles. The average Bonchev–Trinajstić information content (AvgIpc) is 2.41. The number of pyridine rings is 1. The fourth-order valence-corrected chi connectivity index (χ4v) is 2.44. The number of anilines is 1. The third-order valence-electron chi connectivity index (χ3n) is 2.55. The van der Waals surface area contributed by atoms with Gasteiger partial charge < -0.3 is 10.7 Å². The third kappa shape index (κ3) is 2.43. The summed E-state index contributed by atoms with van der Waals surface area (Å²) < 4.78 is 0. The fraction of sp³-hybridized carbons (Fsp3) is 0. The van der Waals surface area contributed by atoms with Crippen LogP contribution in [0, 0.1) is 0 Å². The Balaban J connectivity index is 2.07. The van der Waals surface area contributed by atoms with Crippen LogP contribution in [-0.2, 0) is 0 Å². The van der Waals surface area contributed by atoms with Crippen LogP contribution in [0.5, 0.6) is 0 Å². The van der Waals surface area contributed by atoms with E-state index in [1.807, 2.05) is 18.2 Å². The maximum atomic E-state index is 12.0. The summed E-state index contributed by atoms with van der Waals surface area (Å²) in [5.74, 6) is 0. The van der Waals surface area contributed by atoms with Gasteiger partial charge in [0.2, 0.25) is 0 Å². The van der Waals surface area contributed by atoms with Gasteiger partial charge in [-0.25, -0.2) is 9.97 Å². The van der Waals surface area contributed by atoms with E-state index in [-0.39, 0.29) is 5.56 Å². The lowest BCUT2D eigenvalue weighted by molar-refractivity contribution is 0.967. The minimum atomic E-state index is -0.198. The van der Waals surface area contributed by atoms with E-state index in [0.717, 1.165) is 5.03 Å². The number of H-pyrrole nitrogens is 1. The van der Waals surface area contributed by atoms with Crippen LogP contribution in [-0.4, -0.2) is 15.0 Å². The first-order valence-corrected chi connectivity index (χ1v) is 6.42. The van der Waals surface area contributed by atoms with Gasteiger partial charge in [-0.3, -0.25) is 4.79 Å². The molecule has 0 saturated carbocycles. The van der Waals surface area contributed by atoms with Crippen LogP contribution in [0.3, 0.4) is 0 Å². The highest BCUT2D eigenvalue weighted by Crippen LogP contribution is 2.22. The van der Waals surface area contributed by atoms with Crippen molar-refractivity contribution >= 4 is 28.4 Å². The van der Waals surface area contributed by atoms with Crippen LogP contribution in [0.15, 0.2) is 57.6 Å². The normalized spacial score (nSPS) is 10.7. The number of rotatable bonds is 2. The summed E-state index contributed by atoms with van der Waals surface area (Å²) >= 11 is 1.31. The number of nitrogens with zero attached hydrogens (tertiary/aromatic N) is 2. The standard InChI is InChI=1S/C13H10N4OS/c14-8-4-5-10-9(7-8)12(18)17-13(16-10)19-11-3-1-2-6-15-11/h1-7H,14H2,(H,16,17,18). The van der Waals surface area contributed by atoms with Gasteiger partial charge in [-0.05, 0) is 42.1 Å². The zero-order valence-electron chi connectivity index (χ0n) is 9.83. The molecular weight excluding hydrogens is 260 g/mol. The van der Waals surface area contributed by atoms with E-state index in [4.69, 9.17) is 5.73 Å². The number of aromatic nitrogens is 3. The van der Waals surface area contributed by atoms with Crippen molar-refractivity contribution < 1.29 is 0 Å². The highest BCUT2D eigenvalue weighted by Gasteiger charge is 2.06. The van der Waals surface area contributed by atoms with Crippen molar-refractivity contribution in [2.45, 2.75) is 10.2 Å². The Morgan fingerprint density at radius 3 is 2.89 bits per heavy atom. The van der Waals surface area contributed by atoms with Gasteiger partial charge >= 0.3 is 0 Å². The van der Waals surface area contributed by atoms with Crippen LogP contribution in [0.2, 0.25) is 0 Å². The molecule has 0 aliphatic rings. The van der Waals surface area contributed by atoms with Crippen molar-refractivity contribution in [3.05, 3.63) is 52.9 Å². The third-order valence-corrected chi connectivity index (χ3v) is 3.38. The summed E-state index contributed by atoms with van der Waals surface area (Å²) in [5, 5.41) is 1.78. The first-order chi connectivity index (χ1) is 9.22. The molecule has 0 amide bonds. The number of fused-ring (bicyclic) bond motifs is 1. The largest absolute Gasteiger partial charge is 0.399 e. The monoisotopic (exact) mass is 270 g/mol. The van der Waals surface area contributed by atoms with Crippen molar-refractivity contribution in [1.29, 1.82) is 0 Å². The number of benzene rings is 1. The van der Waals surface area contributed by atoms with Crippen molar-refractivity contribution in [1.82, 2.24) is 15.0 Å². The first-order valence-electron chi connectivity index (χ1n) is 5.61. The maximum Gasteiger partial charge on any atom is 0.259 e. The highest BCUT2D eigenvalue weighted by atomic mass is 32.2. The van der Waals surface area contributed by atoms with Gasteiger partial charge in [0.05, 0.1) is 10.9 Å². The quantitative estimate of drug-likeness (QED) is 0.550. The maximum absolute atomic E-state index is 12.0. The van der Waals surface area contributed by atoms with E-state index >= 15 is 0 Å². The molecule has 3 aromatic rings. The molecule has 3 rings (SSSR count). The second-order valence-corrected chi connectivity index (χ2v) is 4.93. The number of aromatic amines is 1. The topological polar surface area (TPSA) is 84.7 Å². The molecule has 0 unspecified atom stereocenters. The number of nitrogens with one attached hydrogen (secondary N) is 1. The molecule has 2 aromatic heterocycles. The predicted octanol–water partition coefficient (Wildman–Crippen LogP) is 2.05. The van der Waals surface area contributed by atoms with E-state index in [0.29, 0.717) is 21.7 Å². The van der Waals surface area contributed by atoms with Gasteiger partial charge in [0.1, 0.15) is 5.03 Å². The summed E-state index contributed by atoms with van der Waals surface area (Å²) in [7, 11) is 0. The molecule has 6 heteroatoms. The molecule has 1 aromatic carbocycles. The van der Waals surface area contributed by atoms with Gasteiger partial charge in [-0.1, -0.05) is 6.07 Å². The summed E-state index contributed by atoms with van der Waals surface area (Å²) in [6.45, 7) is 0. The van der Waals surface area contributed by atoms with Gasteiger partial charge in [-0.2, -0.15) is 0 Å². The van der Waals surface area contributed by atoms with Crippen molar-refractivity contribution in [3.8, 4) is 0 Å². The Hall–Kier alpha value is -2.34. The van der Waals surface area contributed by atoms with Crippen LogP contribution >= 0.6 is 11.8 Å². The zero-order valence-corrected chi connectivity index (χ0v) is 10.6. The SMILES string of the molecule is Nc1ccc2nc(Sc3ccccn3)[nH]c(=O)c2c1. The fourth-order valence-electron chi connectivity index (χ4n) is 1.69. The average molecular weight is 270 g/mol. The minimum Gasteiger partial charge on any atom is -0.399 e. The molecule has 0 saturated heterocycles. The first kappa shape index (κ1) is 11.7. The lowest BCUT2D eigenvalue weighted by atomic mass is 10.2. The van der Waals surface area contributed by atoms with Gasteiger partial charge in [0.25, 0.3) is 5.56 Å². The second-order valence-electron chi connectivity index (χ2n) is 3.92. The Morgan fingerprint density at radius 1 is 1.21 bits per heavy atom. The van der Waals surface area contributed by atoms with Gasteiger partial charge in [0.15, 0.2) is 5.16 Å². The van der Waals surface area contributed by atoms with E-state index in [1.165, 1.54) is 11.8 Å². The summed E-state index contributed by atoms with van der Waals surface area (Å²) in [5.41, 5.74) is 6.63. The van der Waals surface area contributed by atoms with Crippen LogP contribution in [0.4, 0.5) is 5.69 Å². The second kappa shape index (κ2) is 4.74. The molecule has 0 aliphatic heterocycles. The molecule has 0 radical (unpaired) electrons. The minimum absolute atomic E-state index is 0.198. The van der Waals surface area contributed by atoms with E-state index in [9.17, 15) is 4.79 Å². The molecule has 94 valence electrons. The Bertz CT molecular complexity index is 786. The summed E-state index contributed by atoms with van der Waals surface area (Å²) in [4.78, 5) is 23.2. The Morgan fingerprint density at radius 2 is 2.11 bits per heavy atom. The van der Waals surface area contributed by atoms with E-state index in [1.54, 1.807) is 24.4 Å². The summed E-state index contributed by atoms with van der Waals surface area (Å²) in [6, 6.07) is 10.7. The zero-order chi connectivity index (χ0) is 13.2. The van der Waals surface area contributed by atoms with Crippen molar-refractivity contribution in [2.24, 2.45) is 0 Å². The molecule has 0 fully saturated rings. The number of nitrogen functional groups attached to an aromatic ring is 1. The molecule has 0 spiro atoms. The molecule has 5 nitrogen and oxygen atoms in total. The smallest absolute Gasteiger partial charge is 0.259 e. The van der Waals surface area contributed by atoms with E-state index in [2.05, 4.69) is 15.0 Å². The van der Waals surface area contributed by atoms with Gasteiger partial charge in [-0.15, -0.1) is 0 Å². The molecule has 3 N–H and O–H groups in total. The molecule has 2 heterocycles. The Kier molecular flexibility index (Phi) is 2.92. The van der Waals surface area contributed by atoms with Crippen molar-refractivity contribution in [3.63, 3.8) is 0 Å². The molecule has 0 bridgehead atoms. The van der Waals surface area contributed by atoms with Gasteiger partial charge in [0, 0.05) is 11.9 Å². The lowest BCUT2D eigenvalue weighted by Gasteiger charge is -2.02. The highest BCUT2D eigenvalue weighted by molar-refractivity contribution is 7.99. The lowest BCUT2D eigenvalue weighted by Crippen LogP contribution is -2.09. The summed E-state index contributed by atoms with van der Waals surface area (Å²) in [6.07, 6.45) is 1.70. The Labute approximate surface area is 112 Å². The van der Waals surface area contributed by atoms with Crippen LogP contribution in [0.1, 0.15) is 0 Å². The number of nitrogens with two attached hydrogens (primary N) is 1. The van der Waals surface area contributed by atoms with Crippen LogP contribution in [0.25, 0.3) is 10.9 Å².